The summed E-state index contributed by atoms with van der Waals surface area (Å²) in [6.45, 7) is 12.7. The number of aryl methyl sites for hydroxylation is 2. The second-order valence-corrected chi connectivity index (χ2v) is 11.1. The molecule has 3 aromatic rings. The average Bonchev–Trinajstić information content (AvgIpc) is 3.28. The number of rotatable bonds is 11. The van der Waals surface area contributed by atoms with Crippen LogP contribution in [-0.4, -0.2) is 48.6 Å². The molecule has 0 bridgehead atoms. The van der Waals surface area contributed by atoms with Crippen LogP contribution in [0.25, 0.3) is 0 Å². The molecule has 0 radical (unpaired) electrons. The van der Waals surface area contributed by atoms with Crippen molar-refractivity contribution >= 4 is 17.9 Å². The molecule has 0 saturated heterocycles. The molecule has 4 N–H and O–H groups in total. The summed E-state index contributed by atoms with van der Waals surface area (Å²) in [6, 6.07) is 21.5. The third-order valence-electron chi connectivity index (χ3n) is 6.70. The number of hydrogen-bond acceptors (Lipinski definition) is 7. The Morgan fingerprint density at radius 1 is 1.02 bits per heavy atom. The third kappa shape index (κ3) is 11.0. The highest BCUT2D eigenvalue weighted by molar-refractivity contribution is 7.97. The maximum absolute atomic E-state index is 12.7. The summed E-state index contributed by atoms with van der Waals surface area (Å²) in [6.07, 6.45) is -0.468. The summed E-state index contributed by atoms with van der Waals surface area (Å²) < 4.78 is 14.0. The zero-order chi connectivity index (χ0) is 31.1. The molecule has 8 heteroatoms. The molecule has 230 valence electrons. The molecule has 42 heavy (non-hydrogen) atoms. The fourth-order valence-corrected chi connectivity index (χ4v) is 5.32. The van der Waals surface area contributed by atoms with Crippen LogP contribution in [-0.2, 0) is 11.2 Å². The molecule has 4 unspecified atom stereocenters. The van der Waals surface area contributed by atoms with Gasteiger partial charge in [0, 0.05) is 23.8 Å². The van der Waals surface area contributed by atoms with Gasteiger partial charge in [-0.25, -0.2) is 0 Å². The van der Waals surface area contributed by atoms with Crippen LogP contribution in [0.2, 0.25) is 0 Å². The van der Waals surface area contributed by atoms with Crippen molar-refractivity contribution < 1.29 is 24.5 Å². The highest BCUT2D eigenvalue weighted by Gasteiger charge is 2.33. The fraction of sp³-hybridized carbons (Fsp3) is 0.441. The van der Waals surface area contributed by atoms with E-state index in [9.17, 15) is 15.0 Å². The number of carbonyl (C=O) groups excluding carboxylic acids is 1. The Hall–Kier alpha value is -3.04. The van der Waals surface area contributed by atoms with Crippen molar-refractivity contribution in [1.29, 1.82) is 0 Å². The van der Waals surface area contributed by atoms with Crippen LogP contribution in [0, 0.1) is 19.8 Å². The van der Waals surface area contributed by atoms with E-state index in [1.54, 1.807) is 14.0 Å². The Morgan fingerprint density at radius 3 is 2.36 bits per heavy atom. The van der Waals surface area contributed by atoms with Crippen molar-refractivity contribution in [2.75, 3.05) is 20.3 Å². The first kappa shape index (κ1) is 35.2. The zero-order valence-electron chi connectivity index (χ0n) is 26.0. The van der Waals surface area contributed by atoms with E-state index in [0.29, 0.717) is 37.5 Å². The molecule has 1 aliphatic rings. The second-order valence-electron chi connectivity index (χ2n) is 10.1. The lowest BCUT2D eigenvalue weighted by atomic mass is 10.0. The number of carbonyl (C=O) groups is 1. The number of aliphatic hydroxyl groups is 2. The summed E-state index contributed by atoms with van der Waals surface area (Å²) in [5, 5.41) is 23.8. The molecule has 1 amide bonds. The predicted molar refractivity (Wildman–Crippen MR) is 172 cm³/mol. The Morgan fingerprint density at radius 2 is 1.74 bits per heavy atom. The molecule has 7 nitrogen and oxygen atoms in total. The minimum absolute atomic E-state index is 0.171. The molecule has 1 aliphatic carbocycles. The van der Waals surface area contributed by atoms with Gasteiger partial charge in [0.2, 0.25) is 5.91 Å². The standard InChI is InChI=1S/C25H34N2O5S.C7H8.C2H6/c1-5-32-22-9-7-19(13-23(22)31-4)33-26-14-18(28)11-16(3)25(30)27-24-20-8-6-15(2)10-17(20)12-21(24)29;1-7-5-3-2-4-6-7;1-2/h6-10,13,16,18,21,24,26,28-29H,5,11-12,14H2,1-4H3,(H,27,30);2-6H,1H3;1-2H3. The summed E-state index contributed by atoms with van der Waals surface area (Å²) in [4.78, 5) is 13.7. The Balaban J connectivity index is 0.000000590. The number of fused-ring (bicyclic) bond motifs is 1. The van der Waals surface area contributed by atoms with Crippen LogP contribution in [0.1, 0.15) is 62.4 Å². The molecular formula is C34H48N2O5S. The van der Waals surface area contributed by atoms with Crippen molar-refractivity contribution in [2.45, 2.75) is 77.5 Å². The predicted octanol–water partition coefficient (Wildman–Crippen LogP) is 6.18. The Kier molecular flexibility index (Phi) is 15.5. The molecule has 0 aromatic heterocycles. The number of aliphatic hydroxyl groups excluding tert-OH is 2. The molecule has 0 saturated carbocycles. The smallest absolute Gasteiger partial charge is 0.223 e. The van der Waals surface area contributed by atoms with Gasteiger partial charge in [-0.2, -0.15) is 0 Å². The van der Waals surface area contributed by atoms with Crippen molar-refractivity contribution in [3.05, 3.63) is 89.0 Å². The summed E-state index contributed by atoms with van der Waals surface area (Å²) in [5.41, 5.74) is 4.51. The van der Waals surface area contributed by atoms with Crippen molar-refractivity contribution in [2.24, 2.45) is 5.92 Å². The highest BCUT2D eigenvalue weighted by atomic mass is 32.2. The number of hydrogen-bond donors (Lipinski definition) is 4. The quantitative estimate of drug-likeness (QED) is 0.196. The Bertz CT molecular complexity index is 1220. The van der Waals surface area contributed by atoms with E-state index in [1.807, 2.05) is 76.2 Å². The second kappa shape index (κ2) is 18.5. The van der Waals surface area contributed by atoms with E-state index in [0.717, 1.165) is 21.6 Å². The normalized spacial score (nSPS) is 16.5. The van der Waals surface area contributed by atoms with Gasteiger partial charge in [-0.3, -0.25) is 9.52 Å². The van der Waals surface area contributed by atoms with Crippen LogP contribution < -0.4 is 19.5 Å². The van der Waals surface area contributed by atoms with E-state index in [1.165, 1.54) is 17.5 Å². The molecule has 0 heterocycles. The molecule has 0 spiro atoms. The van der Waals surface area contributed by atoms with E-state index in [-0.39, 0.29) is 11.8 Å². The van der Waals surface area contributed by atoms with E-state index in [2.05, 4.69) is 35.2 Å². The monoisotopic (exact) mass is 596 g/mol. The van der Waals surface area contributed by atoms with Crippen molar-refractivity contribution in [3.8, 4) is 11.5 Å². The third-order valence-corrected chi connectivity index (χ3v) is 7.50. The van der Waals surface area contributed by atoms with Gasteiger partial charge in [-0.1, -0.05) is 80.4 Å². The fourth-order valence-electron chi connectivity index (χ4n) is 4.57. The van der Waals surface area contributed by atoms with Gasteiger partial charge in [-0.15, -0.1) is 0 Å². The van der Waals surface area contributed by atoms with Crippen LogP contribution in [0.3, 0.4) is 0 Å². The van der Waals surface area contributed by atoms with Crippen LogP contribution in [0.15, 0.2) is 71.6 Å². The SMILES string of the molecule is CC.CCOc1ccc(SNCC(O)CC(C)C(=O)NC2c3ccc(C)cc3CC2O)cc1OC.Cc1ccccc1. The first-order valence-electron chi connectivity index (χ1n) is 14.7. The van der Waals surface area contributed by atoms with Gasteiger partial charge in [0.25, 0.3) is 0 Å². The Labute approximate surface area is 256 Å². The van der Waals surface area contributed by atoms with Crippen molar-refractivity contribution in [3.63, 3.8) is 0 Å². The minimum atomic E-state index is -0.689. The van der Waals surface area contributed by atoms with Gasteiger partial charge in [0.1, 0.15) is 0 Å². The molecule has 0 aliphatic heterocycles. The number of amides is 1. The number of benzene rings is 3. The first-order chi connectivity index (χ1) is 20.2. The number of methoxy groups -OCH3 is 1. The lowest BCUT2D eigenvalue weighted by Crippen LogP contribution is -2.38. The van der Waals surface area contributed by atoms with Crippen LogP contribution >= 0.6 is 11.9 Å². The summed E-state index contributed by atoms with van der Waals surface area (Å²) in [5.74, 6) is 0.782. The minimum Gasteiger partial charge on any atom is -0.493 e. The topological polar surface area (TPSA) is 100 Å². The largest absolute Gasteiger partial charge is 0.493 e. The molecule has 4 atom stereocenters. The van der Waals surface area contributed by atoms with Crippen molar-refractivity contribution in [1.82, 2.24) is 10.0 Å². The van der Waals surface area contributed by atoms with E-state index < -0.39 is 18.2 Å². The van der Waals surface area contributed by atoms with Gasteiger partial charge < -0.3 is 25.0 Å². The van der Waals surface area contributed by atoms with Gasteiger partial charge in [0.15, 0.2) is 11.5 Å². The maximum Gasteiger partial charge on any atom is 0.223 e. The molecule has 3 aromatic carbocycles. The lowest BCUT2D eigenvalue weighted by molar-refractivity contribution is -0.127. The molecule has 4 rings (SSSR count). The van der Waals surface area contributed by atoms with E-state index in [4.69, 9.17) is 9.47 Å². The molecular weight excluding hydrogens is 548 g/mol. The van der Waals surface area contributed by atoms with Gasteiger partial charge >= 0.3 is 0 Å². The molecule has 0 fully saturated rings. The van der Waals surface area contributed by atoms with E-state index >= 15 is 0 Å². The lowest BCUT2D eigenvalue weighted by Gasteiger charge is -2.22. The van der Waals surface area contributed by atoms with Crippen LogP contribution in [0.5, 0.6) is 11.5 Å². The number of nitrogens with one attached hydrogen (secondary N) is 2. The van der Waals surface area contributed by atoms with Gasteiger partial charge in [-0.05, 0) is 68.5 Å². The maximum atomic E-state index is 12.7. The summed E-state index contributed by atoms with van der Waals surface area (Å²) in [7, 11) is 1.60. The zero-order valence-corrected chi connectivity index (χ0v) is 26.8. The first-order valence-corrected chi connectivity index (χ1v) is 15.5. The average molecular weight is 597 g/mol. The highest BCUT2D eigenvalue weighted by Crippen LogP contribution is 2.33. The van der Waals surface area contributed by atoms with Gasteiger partial charge in [0.05, 0.1) is 32.0 Å². The van der Waals surface area contributed by atoms with Crippen LogP contribution in [0.4, 0.5) is 0 Å². The summed E-state index contributed by atoms with van der Waals surface area (Å²) >= 11 is 1.38. The number of ether oxygens (including phenoxy) is 2.